The van der Waals surface area contributed by atoms with E-state index in [0.29, 0.717) is 29.9 Å². The van der Waals surface area contributed by atoms with E-state index in [-0.39, 0.29) is 5.91 Å². The van der Waals surface area contributed by atoms with Gasteiger partial charge in [0, 0.05) is 42.5 Å². The van der Waals surface area contributed by atoms with E-state index in [1.807, 2.05) is 36.4 Å². The Balaban J connectivity index is 1.65. The number of methoxy groups -OCH3 is 1. The second-order valence-electron chi connectivity index (χ2n) is 6.27. The zero-order valence-corrected chi connectivity index (χ0v) is 15.4. The smallest absolute Gasteiger partial charge is 0.254 e. The van der Waals surface area contributed by atoms with Crippen LogP contribution in [0.5, 0.6) is 5.75 Å². The van der Waals surface area contributed by atoms with Crippen LogP contribution in [0.1, 0.15) is 12.0 Å². The van der Waals surface area contributed by atoms with E-state index < -0.39 is 0 Å². The minimum absolute atomic E-state index is 0.159. The van der Waals surface area contributed by atoms with Crippen molar-refractivity contribution in [3.05, 3.63) is 70.4 Å². The molecular formula is C20H22ClN3O2. The number of ether oxygens (including phenoxy) is 1. The lowest BCUT2D eigenvalue weighted by atomic mass is 10.0. The van der Waals surface area contributed by atoms with Crippen LogP contribution in [0.25, 0.3) is 0 Å². The molecule has 0 spiro atoms. The van der Waals surface area contributed by atoms with Gasteiger partial charge in [-0.2, -0.15) is 0 Å². The van der Waals surface area contributed by atoms with Gasteiger partial charge < -0.3 is 15.8 Å². The maximum Gasteiger partial charge on any atom is 0.254 e. The van der Waals surface area contributed by atoms with Crippen LogP contribution in [0.3, 0.4) is 0 Å². The molecule has 0 aromatic heterocycles. The number of carbonyl (C=O) groups excluding carboxylic acids is 1. The maximum absolute atomic E-state index is 12.7. The van der Waals surface area contributed by atoms with Gasteiger partial charge in [0.1, 0.15) is 5.75 Å². The van der Waals surface area contributed by atoms with Crippen molar-refractivity contribution in [3.8, 4) is 5.75 Å². The first-order valence-electron chi connectivity index (χ1n) is 8.45. The number of benzene rings is 2. The molecule has 0 fully saturated rings. The summed E-state index contributed by atoms with van der Waals surface area (Å²) in [6, 6.07) is 15.0. The van der Waals surface area contributed by atoms with Gasteiger partial charge in [0.05, 0.1) is 12.7 Å². The molecule has 1 amide bonds. The largest absolute Gasteiger partial charge is 0.497 e. The van der Waals surface area contributed by atoms with Crippen molar-refractivity contribution in [3.63, 3.8) is 0 Å². The summed E-state index contributed by atoms with van der Waals surface area (Å²) >= 11 is 5.94. The van der Waals surface area contributed by atoms with E-state index in [0.717, 1.165) is 29.4 Å². The third-order valence-corrected chi connectivity index (χ3v) is 4.66. The van der Waals surface area contributed by atoms with Crippen molar-refractivity contribution in [2.45, 2.75) is 13.0 Å². The predicted octanol–water partition coefficient (Wildman–Crippen LogP) is 3.41. The fourth-order valence-corrected chi connectivity index (χ4v) is 3.04. The molecule has 6 heteroatoms. The second-order valence-corrected chi connectivity index (χ2v) is 6.71. The third-order valence-electron chi connectivity index (χ3n) is 4.41. The van der Waals surface area contributed by atoms with Gasteiger partial charge in [0.2, 0.25) is 0 Å². The Hall–Kier alpha value is -2.50. The number of hydrogen-bond acceptors (Lipinski definition) is 4. The summed E-state index contributed by atoms with van der Waals surface area (Å²) in [6.07, 6.45) is 0.680. The summed E-state index contributed by atoms with van der Waals surface area (Å²) < 4.78 is 5.13. The van der Waals surface area contributed by atoms with Crippen LogP contribution in [-0.4, -0.2) is 31.0 Å². The summed E-state index contributed by atoms with van der Waals surface area (Å²) in [5.74, 6) is 0.585. The Morgan fingerprint density at radius 2 is 1.88 bits per heavy atom. The van der Waals surface area contributed by atoms with E-state index in [1.165, 1.54) is 0 Å². The van der Waals surface area contributed by atoms with E-state index in [1.54, 1.807) is 19.2 Å². The minimum Gasteiger partial charge on any atom is -0.497 e. The highest BCUT2D eigenvalue weighted by atomic mass is 35.5. The lowest BCUT2D eigenvalue weighted by Gasteiger charge is -2.29. The Labute approximate surface area is 158 Å². The summed E-state index contributed by atoms with van der Waals surface area (Å²) in [6.45, 7) is 2.11. The molecule has 136 valence electrons. The lowest BCUT2D eigenvalue weighted by Crippen LogP contribution is -2.37. The first-order valence-corrected chi connectivity index (χ1v) is 8.82. The standard InChI is InChI=1S/C20H22ClN3O2/c1-26-17-8-6-16(7-9-17)23-20(25)18-13-24(11-10-19(18)22)12-14-2-4-15(21)5-3-14/h2-9H,10-13,22H2,1H3,(H,23,25). The number of rotatable bonds is 5. The SMILES string of the molecule is COc1ccc(NC(=O)C2=C(N)CCN(Cc3ccc(Cl)cc3)C2)cc1. The Bertz CT molecular complexity index is 801. The average Bonchev–Trinajstić information content (AvgIpc) is 2.65. The molecule has 0 saturated carbocycles. The van der Waals surface area contributed by atoms with Crippen molar-refractivity contribution < 1.29 is 9.53 Å². The van der Waals surface area contributed by atoms with E-state index >= 15 is 0 Å². The molecule has 0 aliphatic carbocycles. The summed E-state index contributed by atoms with van der Waals surface area (Å²) in [4.78, 5) is 14.9. The van der Waals surface area contributed by atoms with Gasteiger partial charge in [-0.25, -0.2) is 0 Å². The highest BCUT2D eigenvalue weighted by Crippen LogP contribution is 2.20. The van der Waals surface area contributed by atoms with Gasteiger partial charge in [-0.05, 0) is 42.0 Å². The molecular weight excluding hydrogens is 350 g/mol. The number of nitrogens with two attached hydrogens (primary N) is 1. The topological polar surface area (TPSA) is 67.6 Å². The molecule has 0 atom stereocenters. The molecule has 3 rings (SSSR count). The fourth-order valence-electron chi connectivity index (χ4n) is 2.92. The second kappa shape index (κ2) is 8.25. The number of carbonyl (C=O) groups is 1. The molecule has 0 saturated heterocycles. The molecule has 26 heavy (non-hydrogen) atoms. The highest BCUT2D eigenvalue weighted by molar-refractivity contribution is 6.30. The minimum atomic E-state index is -0.159. The molecule has 1 aliphatic rings. The highest BCUT2D eigenvalue weighted by Gasteiger charge is 2.22. The van der Waals surface area contributed by atoms with E-state index in [9.17, 15) is 4.79 Å². The molecule has 1 aliphatic heterocycles. The molecule has 5 nitrogen and oxygen atoms in total. The predicted molar refractivity (Wildman–Crippen MR) is 104 cm³/mol. The normalized spacial score (nSPS) is 15.0. The van der Waals surface area contributed by atoms with Crippen molar-refractivity contribution >= 4 is 23.2 Å². The van der Waals surface area contributed by atoms with E-state index in [2.05, 4.69) is 10.2 Å². The average molecular weight is 372 g/mol. The van der Waals surface area contributed by atoms with Crippen LogP contribution in [-0.2, 0) is 11.3 Å². The zero-order chi connectivity index (χ0) is 18.5. The van der Waals surface area contributed by atoms with Crippen LogP contribution in [0.4, 0.5) is 5.69 Å². The van der Waals surface area contributed by atoms with Crippen LogP contribution in [0.15, 0.2) is 59.8 Å². The summed E-state index contributed by atoms with van der Waals surface area (Å²) in [5.41, 5.74) is 9.26. The summed E-state index contributed by atoms with van der Waals surface area (Å²) in [7, 11) is 1.61. The van der Waals surface area contributed by atoms with Crippen molar-refractivity contribution in [1.29, 1.82) is 0 Å². The maximum atomic E-state index is 12.7. The van der Waals surface area contributed by atoms with Crippen molar-refractivity contribution in [2.24, 2.45) is 5.73 Å². The number of nitrogens with one attached hydrogen (secondary N) is 1. The molecule has 3 N–H and O–H groups in total. The van der Waals surface area contributed by atoms with Crippen LogP contribution < -0.4 is 15.8 Å². The molecule has 2 aromatic carbocycles. The zero-order valence-electron chi connectivity index (χ0n) is 14.7. The molecule has 0 radical (unpaired) electrons. The van der Waals surface area contributed by atoms with Gasteiger partial charge >= 0.3 is 0 Å². The van der Waals surface area contributed by atoms with Gasteiger partial charge in [-0.1, -0.05) is 23.7 Å². The number of hydrogen-bond donors (Lipinski definition) is 2. The van der Waals surface area contributed by atoms with Crippen molar-refractivity contribution in [2.75, 3.05) is 25.5 Å². The van der Waals surface area contributed by atoms with E-state index in [4.69, 9.17) is 22.1 Å². The molecule has 2 aromatic rings. The monoisotopic (exact) mass is 371 g/mol. The Morgan fingerprint density at radius 3 is 2.54 bits per heavy atom. The third kappa shape index (κ3) is 4.56. The van der Waals surface area contributed by atoms with Crippen LogP contribution in [0.2, 0.25) is 5.02 Å². The number of nitrogens with zero attached hydrogens (tertiary/aromatic N) is 1. The van der Waals surface area contributed by atoms with Crippen LogP contribution in [0, 0.1) is 0 Å². The number of amides is 1. The first-order chi connectivity index (χ1) is 12.5. The Morgan fingerprint density at radius 1 is 1.19 bits per heavy atom. The number of anilines is 1. The van der Waals surface area contributed by atoms with Gasteiger partial charge in [0.25, 0.3) is 5.91 Å². The molecule has 1 heterocycles. The first kappa shape index (κ1) is 18.3. The Kier molecular flexibility index (Phi) is 5.81. The van der Waals surface area contributed by atoms with Crippen LogP contribution >= 0.6 is 11.6 Å². The number of halogens is 1. The quantitative estimate of drug-likeness (QED) is 0.845. The van der Waals surface area contributed by atoms with Gasteiger partial charge in [-0.15, -0.1) is 0 Å². The molecule has 0 unspecified atom stereocenters. The van der Waals surface area contributed by atoms with Gasteiger partial charge in [-0.3, -0.25) is 9.69 Å². The fraction of sp³-hybridized carbons (Fsp3) is 0.250. The molecule has 0 bridgehead atoms. The van der Waals surface area contributed by atoms with Crippen molar-refractivity contribution in [1.82, 2.24) is 4.90 Å². The summed E-state index contributed by atoms with van der Waals surface area (Å²) in [5, 5.41) is 3.63. The van der Waals surface area contributed by atoms with Gasteiger partial charge in [0.15, 0.2) is 0 Å². The lowest BCUT2D eigenvalue weighted by molar-refractivity contribution is -0.113.